The van der Waals surface area contributed by atoms with Crippen molar-refractivity contribution >= 4 is 29.2 Å². The fraction of sp³-hybridized carbons (Fsp3) is 0.600. The van der Waals surface area contributed by atoms with E-state index in [2.05, 4.69) is 6.92 Å². The third-order valence-corrected chi connectivity index (χ3v) is 4.55. The Labute approximate surface area is 161 Å². The molecule has 6 heteroatoms. The normalized spacial score (nSPS) is 13.8. The highest BCUT2D eigenvalue weighted by Gasteiger charge is 2.22. The Kier molecular flexibility index (Phi) is 7.94. The third kappa shape index (κ3) is 6.87. The molecule has 5 nitrogen and oxygen atoms in total. The minimum absolute atomic E-state index is 0.0904. The Morgan fingerprint density at radius 2 is 1.92 bits per heavy atom. The van der Waals surface area contributed by atoms with E-state index < -0.39 is 11.6 Å². The molecule has 1 aromatic rings. The molecule has 1 aromatic carbocycles. The number of hydrogen-bond acceptors (Lipinski definition) is 4. The summed E-state index contributed by atoms with van der Waals surface area (Å²) in [7, 11) is 1.93. The van der Waals surface area contributed by atoms with Gasteiger partial charge in [0.25, 0.3) is 0 Å². The maximum atomic E-state index is 12.0. The molecule has 0 aliphatic rings. The Hall–Kier alpha value is -1.75. The van der Waals surface area contributed by atoms with Crippen LogP contribution in [0.15, 0.2) is 18.2 Å². The first kappa shape index (κ1) is 22.3. The van der Waals surface area contributed by atoms with Crippen molar-refractivity contribution in [2.75, 3.05) is 11.9 Å². The SMILES string of the molecule is CCC(CC(C)CC(=O)OC(C)(C)C)N(C)c1ccc(Cl)c(C(=O)O)c1. The smallest absolute Gasteiger partial charge is 0.337 e. The van der Waals surface area contributed by atoms with Gasteiger partial charge < -0.3 is 14.7 Å². The average Bonchev–Trinajstić information content (AvgIpc) is 2.50. The van der Waals surface area contributed by atoms with Crippen molar-refractivity contribution < 1.29 is 19.4 Å². The number of ether oxygens (including phenoxy) is 1. The summed E-state index contributed by atoms with van der Waals surface area (Å²) in [6.07, 6.45) is 2.04. The molecule has 0 aromatic heterocycles. The van der Waals surface area contributed by atoms with Gasteiger partial charge in [0.15, 0.2) is 0 Å². The number of halogens is 1. The zero-order valence-electron chi connectivity index (χ0n) is 16.5. The molecule has 1 N–H and O–H groups in total. The van der Waals surface area contributed by atoms with Crippen LogP contribution in [0.5, 0.6) is 0 Å². The lowest BCUT2D eigenvalue weighted by Gasteiger charge is -2.32. The number of benzene rings is 1. The van der Waals surface area contributed by atoms with Crippen LogP contribution in [0.1, 0.15) is 64.2 Å². The quantitative estimate of drug-likeness (QED) is 0.639. The van der Waals surface area contributed by atoms with E-state index in [9.17, 15) is 14.7 Å². The third-order valence-electron chi connectivity index (χ3n) is 4.22. The predicted molar refractivity (Wildman–Crippen MR) is 105 cm³/mol. The number of esters is 1. The molecule has 0 radical (unpaired) electrons. The summed E-state index contributed by atoms with van der Waals surface area (Å²) in [6.45, 7) is 9.69. The summed E-state index contributed by atoms with van der Waals surface area (Å²) in [6, 6.07) is 5.19. The second kappa shape index (κ2) is 9.26. The van der Waals surface area contributed by atoms with Crippen LogP contribution < -0.4 is 4.90 Å². The van der Waals surface area contributed by atoms with Crippen molar-refractivity contribution in [1.82, 2.24) is 0 Å². The second-order valence-electron chi connectivity index (χ2n) is 7.77. The molecule has 0 saturated carbocycles. The van der Waals surface area contributed by atoms with Crippen molar-refractivity contribution in [3.8, 4) is 0 Å². The van der Waals surface area contributed by atoms with E-state index in [0.29, 0.717) is 6.42 Å². The van der Waals surface area contributed by atoms with E-state index in [1.165, 1.54) is 0 Å². The minimum atomic E-state index is -1.04. The van der Waals surface area contributed by atoms with Gasteiger partial charge in [-0.2, -0.15) is 0 Å². The van der Waals surface area contributed by atoms with Crippen LogP contribution in [0, 0.1) is 5.92 Å². The largest absolute Gasteiger partial charge is 0.478 e. The van der Waals surface area contributed by atoms with Crippen molar-refractivity contribution in [1.29, 1.82) is 0 Å². The van der Waals surface area contributed by atoms with Crippen LogP contribution in [0.25, 0.3) is 0 Å². The molecule has 2 atom stereocenters. The molecule has 0 spiro atoms. The number of carbonyl (C=O) groups excluding carboxylic acids is 1. The number of carboxylic acid groups (broad SMARTS) is 1. The van der Waals surface area contributed by atoms with Crippen molar-refractivity contribution in [3.63, 3.8) is 0 Å². The fourth-order valence-corrected chi connectivity index (χ4v) is 3.12. The first-order chi connectivity index (χ1) is 11.9. The van der Waals surface area contributed by atoms with E-state index in [-0.39, 0.29) is 28.5 Å². The van der Waals surface area contributed by atoms with Gasteiger partial charge in [-0.05, 0) is 57.7 Å². The highest BCUT2D eigenvalue weighted by molar-refractivity contribution is 6.33. The maximum absolute atomic E-state index is 12.0. The maximum Gasteiger partial charge on any atom is 0.337 e. The zero-order chi connectivity index (χ0) is 20.1. The lowest BCUT2D eigenvalue weighted by atomic mass is 9.95. The zero-order valence-corrected chi connectivity index (χ0v) is 17.3. The molecule has 2 unspecified atom stereocenters. The Morgan fingerprint density at radius 3 is 2.42 bits per heavy atom. The monoisotopic (exact) mass is 383 g/mol. The van der Waals surface area contributed by atoms with Crippen LogP contribution in [0.2, 0.25) is 5.02 Å². The molecule has 0 fully saturated rings. The number of hydrogen-bond donors (Lipinski definition) is 1. The Balaban J connectivity index is 2.80. The number of aromatic carboxylic acids is 1. The van der Waals surface area contributed by atoms with Gasteiger partial charge in [-0.25, -0.2) is 4.79 Å². The lowest BCUT2D eigenvalue weighted by molar-refractivity contribution is -0.155. The van der Waals surface area contributed by atoms with E-state index in [1.54, 1.807) is 12.1 Å². The first-order valence-corrected chi connectivity index (χ1v) is 9.30. The lowest BCUT2D eigenvalue weighted by Crippen LogP contribution is -2.33. The van der Waals surface area contributed by atoms with Gasteiger partial charge in [0.1, 0.15) is 5.60 Å². The standard InChI is InChI=1S/C20H30ClNO4/c1-7-14(10-13(2)11-18(23)26-20(3,4)5)22(6)15-8-9-17(21)16(12-15)19(24)25/h8-9,12-14H,7,10-11H2,1-6H3,(H,24,25). The highest BCUT2D eigenvalue weighted by Crippen LogP contribution is 2.27. The van der Waals surface area contributed by atoms with E-state index in [0.717, 1.165) is 18.5 Å². The Morgan fingerprint density at radius 1 is 1.31 bits per heavy atom. The fourth-order valence-electron chi connectivity index (χ4n) is 2.92. The van der Waals surface area contributed by atoms with Crippen LogP contribution in [0.3, 0.4) is 0 Å². The molecule has 146 valence electrons. The molecule has 1 rings (SSSR count). The van der Waals surface area contributed by atoms with Crippen molar-refractivity contribution in [2.24, 2.45) is 5.92 Å². The van der Waals surface area contributed by atoms with Crippen LogP contribution in [-0.2, 0) is 9.53 Å². The molecule has 0 bridgehead atoms. The molecule has 0 aliphatic carbocycles. The van der Waals surface area contributed by atoms with E-state index in [4.69, 9.17) is 16.3 Å². The van der Waals surface area contributed by atoms with Gasteiger partial charge in [0.05, 0.1) is 10.6 Å². The number of carboxylic acids is 1. The van der Waals surface area contributed by atoms with Gasteiger partial charge in [0.2, 0.25) is 0 Å². The molecule has 0 aliphatic heterocycles. The number of rotatable bonds is 8. The minimum Gasteiger partial charge on any atom is -0.478 e. The van der Waals surface area contributed by atoms with Gasteiger partial charge in [0, 0.05) is 25.2 Å². The second-order valence-corrected chi connectivity index (χ2v) is 8.18. The van der Waals surface area contributed by atoms with Crippen molar-refractivity contribution in [2.45, 2.75) is 65.5 Å². The van der Waals surface area contributed by atoms with Crippen LogP contribution >= 0.6 is 11.6 Å². The summed E-state index contributed by atoms with van der Waals surface area (Å²) in [5, 5.41) is 9.47. The predicted octanol–water partition coefficient (Wildman–Crippen LogP) is 5.01. The van der Waals surface area contributed by atoms with E-state index >= 15 is 0 Å². The number of carbonyl (C=O) groups is 2. The highest BCUT2D eigenvalue weighted by atomic mass is 35.5. The molecular weight excluding hydrogens is 354 g/mol. The molecule has 0 amide bonds. The average molecular weight is 384 g/mol. The van der Waals surface area contributed by atoms with Gasteiger partial charge in [-0.3, -0.25) is 4.79 Å². The van der Waals surface area contributed by atoms with Gasteiger partial charge >= 0.3 is 11.9 Å². The number of nitrogens with zero attached hydrogens (tertiary/aromatic N) is 1. The molecule has 0 saturated heterocycles. The van der Waals surface area contributed by atoms with E-state index in [1.807, 2.05) is 45.7 Å². The topological polar surface area (TPSA) is 66.8 Å². The van der Waals surface area contributed by atoms with Crippen molar-refractivity contribution in [3.05, 3.63) is 28.8 Å². The summed E-state index contributed by atoms with van der Waals surface area (Å²) >= 11 is 5.95. The van der Waals surface area contributed by atoms with Gasteiger partial charge in [-0.1, -0.05) is 25.4 Å². The number of anilines is 1. The summed E-state index contributed by atoms with van der Waals surface area (Å²) < 4.78 is 5.39. The summed E-state index contributed by atoms with van der Waals surface area (Å²) in [5.41, 5.74) is 0.407. The van der Waals surface area contributed by atoms with Gasteiger partial charge in [-0.15, -0.1) is 0 Å². The summed E-state index contributed by atoms with van der Waals surface area (Å²) in [4.78, 5) is 25.4. The van der Waals surface area contributed by atoms with Crippen LogP contribution in [0.4, 0.5) is 5.69 Å². The summed E-state index contributed by atoms with van der Waals surface area (Å²) in [5.74, 6) is -1.08. The Bertz CT molecular complexity index is 639. The first-order valence-electron chi connectivity index (χ1n) is 8.92. The molecule has 0 heterocycles. The molecular formula is C20H30ClNO4. The molecule has 26 heavy (non-hydrogen) atoms. The van der Waals surface area contributed by atoms with Crippen LogP contribution in [-0.4, -0.2) is 35.7 Å².